The van der Waals surface area contributed by atoms with Crippen molar-refractivity contribution in [2.45, 2.75) is 23.8 Å². The van der Waals surface area contributed by atoms with Gasteiger partial charge in [-0.15, -0.1) is 11.3 Å². The van der Waals surface area contributed by atoms with Crippen molar-refractivity contribution in [1.29, 1.82) is 0 Å². The molecule has 3 aromatic rings. The van der Waals surface area contributed by atoms with Gasteiger partial charge in [-0.2, -0.15) is 0 Å². The SMILES string of the molecule is CCNc1nc(Sc2cccc(F)c2)c2cc(C)sc2n1. The van der Waals surface area contributed by atoms with Gasteiger partial charge in [0.05, 0.1) is 0 Å². The predicted molar refractivity (Wildman–Crippen MR) is 86.8 cm³/mol. The van der Waals surface area contributed by atoms with Crippen LogP contribution in [0.5, 0.6) is 0 Å². The van der Waals surface area contributed by atoms with Gasteiger partial charge in [-0.3, -0.25) is 0 Å². The van der Waals surface area contributed by atoms with Gasteiger partial charge in [0.2, 0.25) is 5.95 Å². The number of rotatable bonds is 4. The van der Waals surface area contributed by atoms with Crippen LogP contribution in [0.15, 0.2) is 40.3 Å². The minimum absolute atomic E-state index is 0.237. The van der Waals surface area contributed by atoms with E-state index in [0.29, 0.717) is 5.95 Å². The number of anilines is 1. The molecule has 0 saturated heterocycles. The number of hydrogen-bond acceptors (Lipinski definition) is 5. The molecule has 0 aliphatic rings. The highest BCUT2D eigenvalue weighted by atomic mass is 32.2. The number of fused-ring (bicyclic) bond motifs is 1. The Morgan fingerprint density at radius 1 is 1.29 bits per heavy atom. The molecule has 1 N–H and O–H groups in total. The van der Waals surface area contributed by atoms with E-state index < -0.39 is 0 Å². The smallest absolute Gasteiger partial charge is 0.225 e. The van der Waals surface area contributed by atoms with Gasteiger partial charge >= 0.3 is 0 Å². The first-order valence-electron chi connectivity index (χ1n) is 6.61. The molecule has 0 aliphatic carbocycles. The van der Waals surface area contributed by atoms with Gasteiger partial charge in [0.25, 0.3) is 0 Å². The fraction of sp³-hybridized carbons (Fsp3) is 0.200. The zero-order valence-electron chi connectivity index (χ0n) is 11.7. The summed E-state index contributed by atoms with van der Waals surface area (Å²) in [6, 6.07) is 8.63. The van der Waals surface area contributed by atoms with Gasteiger partial charge in [0.1, 0.15) is 15.7 Å². The third-order valence-corrected chi connectivity index (χ3v) is 4.77. The Bertz CT molecular complexity index is 786. The summed E-state index contributed by atoms with van der Waals surface area (Å²) >= 11 is 3.10. The van der Waals surface area contributed by atoms with E-state index >= 15 is 0 Å². The molecule has 3 nitrogen and oxygen atoms in total. The van der Waals surface area contributed by atoms with Crippen molar-refractivity contribution in [3.8, 4) is 0 Å². The van der Waals surface area contributed by atoms with Crippen LogP contribution in [0.1, 0.15) is 11.8 Å². The van der Waals surface area contributed by atoms with Crippen LogP contribution >= 0.6 is 23.1 Å². The van der Waals surface area contributed by atoms with Crippen molar-refractivity contribution in [2.75, 3.05) is 11.9 Å². The van der Waals surface area contributed by atoms with Crippen LogP contribution in [-0.4, -0.2) is 16.5 Å². The lowest BCUT2D eigenvalue weighted by Gasteiger charge is -2.06. The van der Waals surface area contributed by atoms with Crippen LogP contribution in [-0.2, 0) is 0 Å². The van der Waals surface area contributed by atoms with E-state index in [1.807, 2.05) is 13.0 Å². The number of thiophene rings is 1. The van der Waals surface area contributed by atoms with E-state index in [9.17, 15) is 4.39 Å². The second-order valence-corrected chi connectivity index (χ2v) is 6.82. The second-order valence-electron chi connectivity index (χ2n) is 4.52. The van der Waals surface area contributed by atoms with Crippen molar-refractivity contribution in [1.82, 2.24) is 9.97 Å². The summed E-state index contributed by atoms with van der Waals surface area (Å²) < 4.78 is 13.3. The molecule has 108 valence electrons. The number of benzene rings is 1. The molecular formula is C15H14FN3S2. The van der Waals surface area contributed by atoms with Crippen molar-refractivity contribution in [3.63, 3.8) is 0 Å². The molecule has 0 fully saturated rings. The van der Waals surface area contributed by atoms with Crippen molar-refractivity contribution < 1.29 is 4.39 Å². The van der Waals surface area contributed by atoms with Crippen LogP contribution in [0.3, 0.4) is 0 Å². The van der Waals surface area contributed by atoms with Crippen LogP contribution in [0.4, 0.5) is 10.3 Å². The number of nitrogens with one attached hydrogen (secondary N) is 1. The number of hydrogen-bond donors (Lipinski definition) is 1. The predicted octanol–water partition coefficient (Wildman–Crippen LogP) is 4.72. The van der Waals surface area contributed by atoms with Gasteiger partial charge in [0, 0.05) is 21.7 Å². The van der Waals surface area contributed by atoms with E-state index in [-0.39, 0.29) is 5.82 Å². The molecule has 0 saturated carbocycles. The summed E-state index contributed by atoms with van der Waals surface area (Å²) in [7, 11) is 0. The molecule has 6 heteroatoms. The lowest BCUT2D eigenvalue weighted by molar-refractivity contribution is 0.624. The lowest BCUT2D eigenvalue weighted by Crippen LogP contribution is -2.02. The normalized spacial score (nSPS) is 11.0. The molecule has 0 radical (unpaired) electrons. The third-order valence-electron chi connectivity index (χ3n) is 2.83. The third kappa shape index (κ3) is 3.16. The van der Waals surface area contributed by atoms with Gasteiger partial charge in [0.15, 0.2) is 0 Å². The summed E-state index contributed by atoms with van der Waals surface area (Å²) in [4.78, 5) is 12.0. The van der Waals surface area contributed by atoms with Crippen LogP contribution < -0.4 is 5.32 Å². The zero-order valence-corrected chi connectivity index (χ0v) is 13.3. The molecule has 0 spiro atoms. The first-order valence-corrected chi connectivity index (χ1v) is 8.24. The van der Waals surface area contributed by atoms with Gasteiger partial charge < -0.3 is 5.32 Å². The Morgan fingerprint density at radius 2 is 2.14 bits per heavy atom. The van der Waals surface area contributed by atoms with Gasteiger partial charge in [-0.05, 0) is 38.1 Å². The summed E-state index contributed by atoms with van der Waals surface area (Å²) in [5, 5.41) is 5.02. The van der Waals surface area contributed by atoms with Crippen LogP contribution in [0.2, 0.25) is 0 Å². The Hall–Kier alpha value is -1.66. The molecule has 0 amide bonds. The summed E-state index contributed by atoms with van der Waals surface area (Å²) in [6.45, 7) is 4.82. The zero-order chi connectivity index (χ0) is 14.8. The Balaban J connectivity index is 2.06. The Morgan fingerprint density at radius 3 is 2.90 bits per heavy atom. The molecule has 0 aliphatic heterocycles. The van der Waals surface area contributed by atoms with Crippen molar-refractivity contribution >= 4 is 39.3 Å². The fourth-order valence-corrected chi connectivity index (χ4v) is 3.86. The maximum Gasteiger partial charge on any atom is 0.225 e. The van der Waals surface area contributed by atoms with E-state index in [1.165, 1.54) is 28.8 Å². The summed E-state index contributed by atoms with van der Waals surface area (Å²) in [6.07, 6.45) is 0. The van der Waals surface area contributed by atoms with Gasteiger partial charge in [-0.25, -0.2) is 14.4 Å². The first kappa shape index (κ1) is 14.3. The van der Waals surface area contributed by atoms with E-state index in [0.717, 1.165) is 26.7 Å². The maximum atomic E-state index is 13.3. The van der Waals surface area contributed by atoms with Gasteiger partial charge in [-0.1, -0.05) is 17.8 Å². The topological polar surface area (TPSA) is 37.8 Å². The molecule has 0 unspecified atom stereocenters. The molecule has 1 aromatic carbocycles. The summed E-state index contributed by atoms with van der Waals surface area (Å²) in [5.41, 5.74) is 0. The minimum Gasteiger partial charge on any atom is -0.354 e. The number of halogens is 1. The summed E-state index contributed by atoms with van der Waals surface area (Å²) in [5.74, 6) is 0.379. The van der Waals surface area contributed by atoms with E-state index in [4.69, 9.17) is 0 Å². The van der Waals surface area contributed by atoms with Crippen molar-refractivity contribution in [2.24, 2.45) is 0 Å². The fourth-order valence-electron chi connectivity index (χ4n) is 1.97. The molecular weight excluding hydrogens is 305 g/mol. The van der Waals surface area contributed by atoms with Crippen LogP contribution in [0, 0.1) is 12.7 Å². The highest BCUT2D eigenvalue weighted by molar-refractivity contribution is 7.99. The molecule has 2 aromatic heterocycles. The average molecular weight is 319 g/mol. The number of aromatic nitrogens is 2. The standard InChI is InChI=1S/C15H14FN3S2/c1-3-17-15-18-13-12(7-9(2)20-13)14(19-15)21-11-6-4-5-10(16)8-11/h4-8H,3H2,1-2H3,(H,17,18,19). The number of nitrogens with zero attached hydrogens (tertiary/aromatic N) is 2. The Kier molecular flexibility index (Phi) is 4.07. The highest BCUT2D eigenvalue weighted by Crippen LogP contribution is 2.35. The second kappa shape index (κ2) is 5.99. The monoisotopic (exact) mass is 319 g/mol. The Labute approximate surface area is 130 Å². The van der Waals surface area contributed by atoms with E-state index in [1.54, 1.807) is 17.4 Å². The maximum absolute atomic E-state index is 13.3. The van der Waals surface area contributed by atoms with Crippen LogP contribution in [0.25, 0.3) is 10.2 Å². The highest BCUT2D eigenvalue weighted by Gasteiger charge is 2.12. The lowest BCUT2D eigenvalue weighted by atomic mass is 10.3. The number of aryl methyl sites for hydroxylation is 1. The molecule has 21 heavy (non-hydrogen) atoms. The van der Waals surface area contributed by atoms with E-state index in [2.05, 4.69) is 28.3 Å². The van der Waals surface area contributed by atoms with Crippen molar-refractivity contribution in [3.05, 3.63) is 41.0 Å². The quantitative estimate of drug-likeness (QED) is 0.706. The average Bonchev–Trinajstić information content (AvgIpc) is 2.80. The minimum atomic E-state index is -0.237. The molecule has 2 heterocycles. The largest absolute Gasteiger partial charge is 0.354 e. The molecule has 0 atom stereocenters. The molecule has 0 bridgehead atoms. The molecule has 3 rings (SSSR count). The first-order chi connectivity index (χ1) is 10.2.